The molecule has 0 aliphatic rings. The lowest BCUT2D eigenvalue weighted by atomic mass is 10.2. The second kappa shape index (κ2) is 3.90. The molecule has 4 rings (SSSR count). The van der Waals surface area contributed by atoms with Crippen LogP contribution in [-0.2, 0) is 0 Å². The predicted octanol–water partition coefficient (Wildman–Crippen LogP) is 4.36. The van der Waals surface area contributed by atoms with Crippen molar-refractivity contribution in [1.29, 1.82) is 0 Å². The van der Waals surface area contributed by atoms with Gasteiger partial charge in [-0.05, 0) is 29.7 Å². The highest BCUT2D eigenvalue weighted by Crippen LogP contribution is 2.32. The summed E-state index contributed by atoms with van der Waals surface area (Å²) < 4.78 is 16.1. The van der Waals surface area contributed by atoms with Crippen molar-refractivity contribution in [2.24, 2.45) is 0 Å². The van der Waals surface area contributed by atoms with Crippen molar-refractivity contribution in [1.82, 2.24) is 9.38 Å². The Bertz CT molecular complexity index is 858. The van der Waals surface area contributed by atoms with Gasteiger partial charge in [-0.2, -0.15) is 0 Å². The zero-order valence-corrected chi connectivity index (χ0v) is 10.7. The highest BCUT2D eigenvalue weighted by molar-refractivity contribution is 7.22. The number of hydrogen-bond acceptors (Lipinski definition) is 2. The number of aromatic nitrogens is 2. The van der Waals surface area contributed by atoms with E-state index in [0.29, 0.717) is 0 Å². The summed E-state index contributed by atoms with van der Waals surface area (Å²) in [5.41, 5.74) is 1.64. The van der Waals surface area contributed by atoms with Crippen LogP contribution < -0.4 is 0 Å². The van der Waals surface area contributed by atoms with E-state index >= 15 is 0 Å². The van der Waals surface area contributed by atoms with Crippen LogP contribution in [-0.4, -0.2) is 9.38 Å². The summed E-state index contributed by atoms with van der Waals surface area (Å²) in [4.78, 5) is 5.63. The summed E-state index contributed by atoms with van der Waals surface area (Å²) in [5, 5.41) is 1.21. The minimum absolute atomic E-state index is 0.257. The van der Waals surface area contributed by atoms with Crippen LogP contribution in [0.5, 0.6) is 0 Å². The Kier molecular flexibility index (Phi) is 2.19. The Hall–Kier alpha value is -2.20. The van der Waals surface area contributed by atoms with Crippen LogP contribution in [0.2, 0.25) is 0 Å². The van der Waals surface area contributed by atoms with Crippen molar-refractivity contribution in [2.75, 3.05) is 0 Å². The summed E-state index contributed by atoms with van der Waals surface area (Å²) in [5.74, 6) is -0.257. The lowest BCUT2D eigenvalue weighted by Gasteiger charge is -1.90. The van der Waals surface area contributed by atoms with Crippen molar-refractivity contribution >= 4 is 27.1 Å². The Morgan fingerprint density at radius 1 is 1.05 bits per heavy atom. The van der Waals surface area contributed by atoms with E-state index in [9.17, 15) is 4.39 Å². The Balaban J connectivity index is 1.93. The monoisotopic (exact) mass is 268 g/mol. The molecular formula is C15H9FN2S. The third-order valence-corrected chi connectivity index (χ3v) is 4.23. The molecule has 0 unspecified atom stereocenters. The summed E-state index contributed by atoms with van der Waals surface area (Å²) >= 11 is 1.70. The largest absolute Gasteiger partial charge is 0.303 e. The fourth-order valence-corrected chi connectivity index (χ4v) is 3.21. The van der Waals surface area contributed by atoms with Gasteiger partial charge in [0.05, 0.1) is 10.6 Å². The SMILES string of the molecule is Fc1ccc2nc(-c3cc4ccccc4s3)cn2c1. The van der Waals surface area contributed by atoms with Crippen LogP contribution in [0.3, 0.4) is 0 Å². The van der Waals surface area contributed by atoms with E-state index in [1.807, 2.05) is 18.3 Å². The van der Waals surface area contributed by atoms with Gasteiger partial charge in [-0.15, -0.1) is 11.3 Å². The molecule has 4 heteroatoms. The van der Waals surface area contributed by atoms with E-state index in [0.717, 1.165) is 16.2 Å². The number of halogens is 1. The lowest BCUT2D eigenvalue weighted by molar-refractivity contribution is 0.619. The molecule has 0 aliphatic carbocycles. The van der Waals surface area contributed by atoms with Crippen LogP contribution in [0.25, 0.3) is 26.3 Å². The third kappa shape index (κ3) is 1.72. The van der Waals surface area contributed by atoms with Crippen LogP contribution >= 0.6 is 11.3 Å². The van der Waals surface area contributed by atoms with Crippen LogP contribution in [0.1, 0.15) is 0 Å². The van der Waals surface area contributed by atoms with E-state index in [-0.39, 0.29) is 5.82 Å². The Morgan fingerprint density at radius 3 is 2.84 bits per heavy atom. The van der Waals surface area contributed by atoms with E-state index in [1.165, 1.54) is 22.3 Å². The second-order valence-corrected chi connectivity index (χ2v) is 5.47. The van der Waals surface area contributed by atoms with Gasteiger partial charge in [0.2, 0.25) is 0 Å². The molecule has 3 heterocycles. The summed E-state index contributed by atoms with van der Waals surface area (Å²) in [6.45, 7) is 0. The molecule has 4 aromatic rings. The fraction of sp³-hybridized carbons (Fsp3) is 0. The number of rotatable bonds is 1. The maximum atomic E-state index is 13.2. The molecule has 19 heavy (non-hydrogen) atoms. The third-order valence-electron chi connectivity index (χ3n) is 3.09. The molecule has 1 aromatic carbocycles. The molecule has 0 saturated heterocycles. The molecule has 0 atom stereocenters. The standard InChI is InChI=1S/C15H9FN2S/c16-11-5-6-15-17-12(9-18(15)8-11)14-7-10-3-1-2-4-13(10)19-14/h1-9H. The number of thiophene rings is 1. The van der Waals surface area contributed by atoms with Gasteiger partial charge in [0.25, 0.3) is 0 Å². The van der Waals surface area contributed by atoms with E-state index in [4.69, 9.17) is 0 Å². The van der Waals surface area contributed by atoms with Crippen molar-refractivity contribution in [3.05, 3.63) is 60.7 Å². The van der Waals surface area contributed by atoms with Crippen LogP contribution in [0.15, 0.2) is 54.9 Å². The van der Waals surface area contributed by atoms with Crippen molar-refractivity contribution < 1.29 is 4.39 Å². The first-order valence-electron chi connectivity index (χ1n) is 5.93. The second-order valence-electron chi connectivity index (χ2n) is 4.39. The fourth-order valence-electron chi connectivity index (χ4n) is 2.19. The van der Waals surface area contributed by atoms with Gasteiger partial charge in [0.1, 0.15) is 11.5 Å². The average molecular weight is 268 g/mol. The van der Waals surface area contributed by atoms with Gasteiger partial charge in [-0.3, -0.25) is 0 Å². The van der Waals surface area contributed by atoms with Crippen molar-refractivity contribution in [3.63, 3.8) is 0 Å². The van der Waals surface area contributed by atoms with Gasteiger partial charge >= 0.3 is 0 Å². The summed E-state index contributed by atoms with van der Waals surface area (Å²) in [7, 11) is 0. The average Bonchev–Trinajstić information content (AvgIpc) is 3.00. The molecule has 0 fully saturated rings. The molecule has 0 bridgehead atoms. The number of fused-ring (bicyclic) bond motifs is 2. The lowest BCUT2D eigenvalue weighted by Crippen LogP contribution is -1.83. The molecule has 92 valence electrons. The van der Waals surface area contributed by atoms with E-state index < -0.39 is 0 Å². The van der Waals surface area contributed by atoms with Gasteiger partial charge < -0.3 is 4.40 Å². The van der Waals surface area contributed by atoms with Crippen molar-refractivity contribution in [3.8, 4) is 10.6 Å². The molecule has 0 spiro atoms. The number of pyridine rings is 1. The highest BCUT2D eigenvalue weighted by Gasteiger charge is 2.08. The predicted molar refractivity (Wildman–Crippen MR) is 76.0 cm³/mol. The number of imidazole rings is 1. The normalized spacial score (nSPS) is 11.4. The molecule has 3 aromatic heterocycles. The topological polar surface area (TPSA) is 17.3 Å². The van der Waals surface area contributed by atoms with E-state index in [1.54, 1.807) is 21.8 Å². The quantitative estimate of drug-likeness (QED) is 0.501. The molecule has 0 N–H and O–H groups in total. The maximum absolute atomic E-state index is 13.2. The Labute approximate surface area is 112 Å². The molecule has 0 saturated carbocycles. The molecule has 0 aliphatic heterocycles. The van der Waals surface area contributed by atoms with Gasteiger partial charge in [-0.1, -0.05) is 18.2 Å². The zero-order chi connectivity index (χ0) is 12.8. The van der Waals surface area contributed by atoms with Crippen LogP contribution in [0.4, 0.5) is 4.39 Å². The smallest absolute Gasteiger partial charge is 0.139 e. The zero-order valence-electron chi connectivity index (χ0n) is 9.88. The summed E-state index contributed by atoms with van der Waals surface area (Å²) in [6.07, 6.45) is 3.31. The van der Waals surface area contributed by atoms with Gasteiger partial charge in [-0.25, -0.2) is 9.37 Å². The molecule has 2 nitrogen and oxygen atoms in total. The first-order chi connectivity index (χ1) is 9.29. The number of hydrogen-bond donors (Lipinski definition) is 0. The van der Waals surface area contributed by atoms with Gasteiger partial charge in [0, 0.05) is 17.1 Å². The molecule has 0 amide bonds. The Morgan fingerprint density at radius 2 is 1.95 bits per heavy atom. The van der Waals surface area contributed by atoms with Crippen LogP contribution in [0, 0.1) is 5.82 Å². The first-order valence-corrected chi connectivity index (χ1v) is 6.74. The maximum Gasteiger partial charge on any atom is 0.139 e. The number of benzene rings is 1. The molecular weight excluding hydrogens is 259 g/mol. The minimum Gasteiger partial charge on any atom is -0.303 e. The number of nitrogens with zero attached hydrogens (tertiary/aromatic N) is 2. The van der Waals surface area contributed by atoms with Gasteiger partial charge in [0.15, 0.2) is 0 Å². The first kappa shape index (κ1) is 10.7. The highest BCUT2D eigenvalue weighted by atomic mass is 32.1. The van der Waals surface area contributed by atoms with Crippen molar-refractivity contribution in [2.45, 2.75) is 0 Å². The molecule has 0 radical (unpaired) electrons. The summed E-state index contributed by atoms with van der Waals surface area (Å²) in [6, 6.07) is 13.5. The van der Waals surface area contributed by atoms with E-state index in [2.05, 4.69) is 23.2 Å². The minimum atomic E-state index is -0.257.